The molecule has 7 heteroatoms. The molecule has 0 saturated heterocycles. The van der Waals surface area contributed by atoms with Crippen LogP contribution in [0.2, 0.25) is 0 Å². The highest BCUT2D eigenvalue weighted by atomic mass is 32.2. The van der Waals surface area contributed by atoms with Gasteiger partial charge in [-0.2, -0.15) is 0 Å². The molecule has 0 aromatic heterocycles. The van der Waals surface area contributed by atoms with E-state index in [1.54, 1.807) is 38.1 Å². The van der Waals surface area contributed by atoms with Gasteiger partial charge in [-0.15, -0.1) is 0 Å². The van der Waals surface area contributed by atoms with Crippen molar-refractivity contribution >= 4 is 27.1 Å². The number of rotatable bonds is 3. The summed E-state index contributed by atoms with van der Waals surface area (Å²) in [4.78, 5) is 12.1. The fourth-order valence-corrected chi connectivity index (χ4v) is 3.29. The summed E-state index contributed by atoms with van der Waals surface area (Å²) in [5, 5.41) is 4.98. The number of sulfonamides is 1. The highest BCUT2D eigenvalue weighted by Gasteiger charge is 2.42. The highest BCUT2D eigenvalue weighted by molar-refractivity contribution is 7.89. The summed E-state index contributed by atoms with van der Waals surface area (Å²) < 4.78 is 42.7. The number of nitrogens with two attached hydrogens (primary N) is 1. The minimum atomic E-state index is -4.17. The fraction of sp³-hybridized carbons (Fsp3) is 0.167. The minimum absolute atomic E-state index is 0.209. The van der Waals surface area contributed by atoms with Crippen molar-refractivity contribution in [2.24, 2.45) is 5.14 Å². The number of Topliss-reactive ketones (excluding diaryl/α,β-unsaturated/α-hetero) is 1. The van der Waals surface area contributed by atoms with Crippen LogP contribution in [0.15, 0.2) is 53.4 Å². The second kappa shape index (κ2) is 5.79. The second-order valence-electron chi connectivity index (χ2n) is 6.20. The number of ketones is 1. The predicted molar refractivity (Wildman–Crippen MR) is 91.2 cm³/mol. The first-order chi connectivity index (χ1) is 11.6. The summed E-state index contributed by atoms with van der Waals surface area (Å²) in [5.74, 6) is -1.02. The smallest absolute Gasteiger partial charge is 0.240 e. The molecule has 1 heterocycles. The standard InChI is InChI=1S/C18H16FNO4S/c1-18(2)17(21)15(11-6-4-3-5-7-11)16(24-18)12-8-9-14(13(19)10-12)25(20,22)23/h3-10H,1-2H3,(H2,20,22,23). The number of halogens is 1. The van der Waals surface area contributed by atoms with Crippen LogP contribution in [0.3, 0.4) is 0 Å². The number of ether oxygens (including phenoxy) is 1. The summed E-state index contributed by atoms with van der Waals surface area (Å²) in [6.07, 6.45) is 0. The first-order valence-corrected chi connectivity index (χ1v) is 9.02. The molecule has 2 aromatic rings. The normalized spacial score (nSPS) is 16.9. The third-order valence-corrected chi connectivity index (χ3v) is 4.87. The predicted octanol–water partition coefficient (Wildman–Crippen LogP) is 2.72. The van der Waals surface area contributed by atoms with Crippen LogP contribution >= 0.6 is 0 Å². The Hall–Kier alpha value is -2.51. The Bertz CT molecular complexity index is 995. The van der Waals surface area contributed by atoms with Gasteiger partial charge in [0, 0.05) is 5.56 Å². The van der Waals surface area contributed by atoms with Crippen molar-refractivity contribution in [3.05, 3.63) is 65.5 Å². The summed E-state index contributed by atoms with van der Waals surface area (Å²) in [6.45, 7) is 3.25. The quantitative estimate of drug-likeness (QED) is 0.911. The molecule has 25 heavy (non-hydrogen) atoms. The molecule has 0 bridgehead atoms. The zero-order valence-electron chi connectivity index (χ0n) is 13.6. The number of carbonyl (C=O) groups excluding carboxylic acids is 1. The molecule has 5 nitrogen and oxygen atoms in total. The van der Waals surface area contributed by atoms with Crippen LogP contribution in [-0.4, -0.2) is 19.8 Å². The zero-order valence-corrected chi connectivity index (χ0v) is 14.4. The molecule has 130 valence electrons. The lowest BCUT2D eigenvalue weighted by molar-refractivity contribution is -0.125. The molecular weight excluding hydrogens is 345 g/mol. The van der Waals surface area contributed by atoms with Crippen molar-refractivity contribution in [2.75, 3.05) is 0 Å². The maximum Gasteiger partial charge on any atom is 0.240 e. The van der Waals surface area contributed by atoms with E-state index < -0.39 is 26.3 Å². The van der Waals surface area contributed by atoms with Crippen molar-refractivity contribution < 1.29 is 22.3 Å². The van der Waals surface area contributed by atoms with E-state index in [0.717, 1.165) is 12.1 Å². The Labute approximate surface area is 145 Å². The molecule has 0 fully saturated rings. The minimum Gasteiger partial charge on any atom is -0.478 e. The van der Waals surface area contributed by atoms with E-state index in [1.807, 2.05) is 6.07 Å². The molecule has 2 aromatic carbocycles. The fourth-order valence-electron chi connectivity index (χ4n) is 2.70. The Balaban J connectivity index is 2.21. The van der Waals surface area contributed by atoms with Gasteiger partial charge in [0.1, 0.15) is 16.5 Å². The van der Waals surface area contributed by atoms with Crippen LogP contribution in [0.4, 0.5) is 4.39 Å². The number of hydrogen-bond donors (Lipinski definition) is 1. The van der Waals surface area contributed by atoms with Gasteiger partial charge >= 0.3 is 0 Å². The van der Waals surface area contributed by atoms with Crippen LogP contribution in [0.1, 0.15) is 25.0 Å². The summed E-state index contributed by atoms with van der Waals surface area (Å²) >= 11 is 0. The average Bonchev–Trinajstić information content (AvgIpc) is 2.77. The topological polar surface area (TPSA) is 86.5 Å². The van der Waals surface area contributed by atoms with Gasteiger partial charge in [-0.1, -0.05) is 30.3 Å². The number of benzene rings is 2. The third kappa shape index (κ3) is 3.08. The monoisotopic (exact) mass is 361 g/mol. The summed E-state index contributed by atoms with van der Waals surface area (Å²) in [7, 11) is -4.17. The molecule has 3 rings (SSSR count). The molecule has 0 radical (unpaired) electrons. The van der Waals surface area contributed by atoms with Crippen LogP contribution < -0.4 is 5.14 Å². The molecule has 1 aliphatic rings. The molecule has 0 unspecified atom stereocenters. The van der Waals surface area contributed by atoms with Crippen molar-refractivity contribution in [1.82, 2.24) is 0 Å². The lowest BCUT2D eigenvalue weighted by Crippen LogP contribution is -2.29. The Morgan fingerprint density at radius 3 is 2.24 bits per heavy atom. The zero-order chi connectivity index (χ0) is 18.4. The van der Waals surface area contributed by atoms with E-state index in [9.17, 15) is 17.6 Å². The van der Waals surface area contributed by atoms with Crippen molar-refractivity contribution in [1.29, 1.82) is 0 Å². The van der Waals surface area contributed by atoms with E-state index in [4.69, 9.17) is 9.88 Å². The molecule has 0 spiro atoms. The Morgan fingerprint density at radius 1 is 1.04 bits per heavy atom. The lowest BCUT2D eigenvalue weighted by atomic mass is 9.93. The van der Waals surface area contributed by atoms with Crippen molar-refractivity contribution in [3.63, 3.8) is 0 Å². The van der Waals surface area contributed by atoms with Gasteiger partial charge in [-0.05, 0) is 37.6 Å². The molecule has 0 amide bonds. The van der Waals surface area contributed by atoms with E-state index >= 15 is 0 Å². The maximum atomic E-state index is 14.2. The van der Waals surface area contributed by atoms with E-state index in [1.165, 1.54) is 6.07 Å². The molecule has 0 atom stereocenters. The third-order valence-electron chi connectivity index (χ3n) is 3.92. The Kier molecular flexibility index (Phi) is 4.01. The average molecular weight is 361 g/mol. The lowest BCUT2D eigenvalue weighted by Gasteiger charge is -2.18. The first kappa shape index (κ1) is 17.3. The molecule has 1 aliphatic heterocycles. The van der Waals surface area contributed by atoms with Crippen molar-refractivity contribution in [2.45, 2.75) is 24.3 Å². The highest BCUT2D eigenvalue weighted by Crippen LogP contribution is 2.41. The number of carbonyl (C=O) groups is 1. The summed E-state index contributed by atoms with van der Waals surface area (Å²) in [5.41, 5.74) is 0.135. The van der Waals surface area contributed by atoms with E-state index in [2.05, 4.69) is 0 Å². The van der Waals surface area contributed by atoms with Crippen LogP contribution in [0.25, 0.3) is 11.3 Å². The van der Waals surface area contributed by atoms with Gasteiger partial charge in [0.05, 0.1) is 5.57 Å². The van der Waals surface area contributed by atoms with Crippen LogP contribution in [-0.2, 0) is 19.6 Å². The largest absolute Gasteiger partial charge is 0.478 e. The Morgan fingerprint density at radius 2 is 1.68 bits per heavy atom. The molecular formula is C18H16FNO4S. The van der Waals surface area contributed by atoms with Gasteiger partial charge in [-0.3, -0.25) is 4.79 Å². The second-order valence-corrected chi connectivity index (χ2v) is 7.73. The van der Waals surface area contributed by atoms with E-state index in [0.29, 0.717) is 11.1 Å². The van der Waals surface area contributed by atoms with Gasteiger partial charge in [0.15, 0.2) is 5.60 Å². The number of primary sulfonamides is 1. The van der Waals surface area contributed by atoms with Crippen LogP contribution in [0, 0.1) is 5.82 Å². The summed E-state index contributed by atoms with van der Waals surface area (Å²) in [6, 6.07) is 12.3. The van der Waals surface area contributed by atoms with Gasteiger partial charge < -0.3 is 4.74 Å². The van der Waals surface area contributed by atoms with E-state index in [-0.39, 0.29) is 17.1 Å². The van der Waals surface area contributed by atoms with Gasteiger partial charge in [-0.25, -0.2) is 17.9 Å². The van der Waals surface area contributed by atoms with Gasteiger partial charge in [0.2, 0.25) is 15.8 Å². The van der Waals surface area contributed by atoms with Gasteiger partial charge in [0.25, 0.3) is 0 Å². The maximum absolute atomic E-state index is 14.2. The van der Waals surface area contributed by atoms with Crippen molar-refractivity contribution in [3.8, 4) is 0 Å². The van der Waals surface area contributed by atoms with Crippen LogP contribution in [0.5, 0.6) is 0 Å². The SMILES string of the molecule is CC1(C)OC(c2ccc(S(N)(=O)=O)c(F)c2)=C(c2ccccc2)C1=O. The molecule has 2 N–H and O–H groups in total. The molecule has 0 saturated carbocycles. The number of hydrogen-bond acceptors (Lipinski definition) is 4. The first-order valence-electron chi connectivity index (χ1n) is 7.47. The molecule has 0 aliphatic carbocycles.